The summed E-state index contributed by atoms with van der Waals surface area (Å²) in [5.41, 5.74) is 0. The van der Waals surface area contributed by atoms with E-state index in [0.29, 0.717) is 5.92 Å². The van der Waals surface area contributed by atoms with E-state index in [4.69, 9.17) is 0 Å². The van der Waals surface area contributed by atoms with Gasteiger partial charge in [-0.15, -0.1) is 11.3 Å². The van der Waals surface area contributed by atoms with Gasteiger partial charge in [0, 0.05) is 17.0 Å². The molecular formula is C12H16N2OS. The zero-order chi connectivity index (χ0) is 11.1. The lowest BCUT2D eigenvalue weighted by molar-refractivity contribution is -0.121. The van der Waals surface area contributed by atoms with E-state index in [0.717, 1.165) is 22.3 Å². The number of hydrogen-bond acceptors (Lipinski definition) is 3. The molecule has 0 saturated heterocycles. The van der Waals surface area contributed by atoms with Gasteiger partial charge in [0.1, 0.15) is 0 Å². The van der Waals surface area contributed by atoms with Gasteiger partial charge >= 0.3 is 0 Å². The van der Waals surface area contributed by atoms with E-state index in [9.17, 15) is 4.79 Å². The molecule has 0 radical (unpaired) electrons. The zero-order valence-corrected chi connectivity index (χ0v) is 10.2. The lowest BCUT2D eigenvalue weighted by Crippen LogP contribution is -2.27. The number of anilines is 1. The summed E-state index contributed by atoms with van der Waals surface area (Å²) in [6, 6.07) is 0. The van der Waals surface area contributed by atoms with Crippen molar-refractivity contribution in [3.8, 4) is 0 Å². The molecule has 16 heavy (non-hydrogen) atoms. The summed E-state index contributed by atoms with van der Waals surface area (Å²) >= 11 is 1.55. The first-order valence-electron chi connectivity index (χ1n) is 5.95. The third-order valence-corrected chi connectivity index (χ3v) is 4.75. The number of carbonyl (C=O) groups is 1. The SMILES string of the molecule is Cc1cnc(NC(=O)C2CC3CCC2C3)s1. The van der Waals surface area contributed by atoms with Crippen molar-refractivity contribution in [2.75, 3.05) is 5.32 Å². The maximum absolute atomic E-state index is 12.1. The number of carbonyl (C=O) groups excluding carboxylic acids is 1. The van der Waals surface area contributed by atoms with Gasteiger partial charge in [0.2, 0.25) is 5.91 Å². The number of nitrogens with one attached hydrogen (secondary N) is 1. The number of aryl methyl sites for hydroxylation is 1. The van der Waals surface area contributed by atoms with Crippen molar-refractivity contribution in [3.05, 3.63) is 11.1 Å². The van der Waals surface area contributed by atoms with E-state index in [-0.39, 0.29) is 11.8 Å². The Morgan fingerprint density at radius 1 is 1.50 bits per heavy atom. The van der Waals surface area contributed by atoms with Crippen molar-refractivity contribution >= 4 is 22.4 Å². The minimum Gasteiger partial charge on any atom is -0.302 e. The second kappa shape index (κ2) is 3.84. The largest absolute Gasteiger partial charge is 0.302 e. The fraction of sp³-hybridized carbons (Fsp3) is 0.667. The van der Waals surface area contributed by atoms with Crippen LogP contribution in [0, 0.1) is 24.7 Å². The standard InChI is InChI=1S/C12H16N2OS/c1-7-6-13-12(16-7)14-11(15)10-5-8-2-3-9(10)4-8/h6,8-10H,2-5H2,1H3,(H,13,14,15). The van der Waals surface area contributed by atoms with Gasteiger partial charge in [-0.2, -0.15) is 0 Å². The smallest absolute Gasteiger partial charge is 0.229 e. The Bertz CT molecular complexity index is 415. The molecule has 0 aliphatic heterocycles. The van der Waals surface area contributed by atoms with E-state index in [1.165, 1.54) is 19.3 Å². The normalized spacial score (nSPS) is 31.9. The van der Waals surface area contributed by atoms with Crippen LogP contribution in [0.3, 0.4) is 0 Å². The van der Waals surface area contributed by atoms with Gasteiger partial charge in [-0.25, -0.2) is 4.98 Å². The first-order chi connectivity index (χ1) is 7.72. The first-order valence-corrected chi connectivity index (χ1v) is 6.77. The molecule has 2 fully saturated rings. The second-order valence-corrected chi connectivity index (χ2v) is 6.28. The number of thiazole rings is 1. The van der Waals surface area contributed by atoms with Crippen molar-refractivity contribution in [3.63, 3.8) is 0 Å². The van der Waals surface area contributed by atoms with Crippen LogP contribution in [-0.2, 0) is 4.79 Å². The minimum absolute atomic E-state index is 0.196. The van der Waals surface area contributed by atoms with Crippen LogP contribution in [0.4, 0.5) is 5.13 Å². The number of fused-ring (bicyclic) bond motifs is 2. The molecule has 3 rings (SSSR count). The summed E-state index contributed by atoms with van der Waals surface area (Å²) in [6.45, 7) is 2.00. The third kappa shape index (κ3) is 1.75. The molecule has 3 nitrogen and oxygen atoms in total. The fourth-order valence-corrected chi connectivity index (χ4v) is 3.84. The molecule has 2 bridgehead atoms. The van der Waals surface area contributed by atoms with E-state index in [1.807, 2.05) is 6.92 Å². The maximum Gasteiger partial charge on any atom is 0.229 e. The van der Waals surface area contributed by atoms with Crippen LogP contribution in [0.5, 0.6) is 0 Å². The van der Waals surface area contributed by atoms with Gasteiger partial charge in [0.15, 0.2) is 5.13 Å². The van der Waals surface area contributed by atoms with Crippen molar-refractivity contribution in [2.45, 2.75) is 32.6 Å². The summed E-state index contributed by atoms with van der Waals surface area (Å²) in [7, 11) is 0. The van der Waals surface area contributed by atoms with Crippen molar-refractivity contribution < 1.29 is 4.79 Å². The van der Waals surface area contributed by atoms with Gasteiger partial charge in [-0.1, -0.05) is 6.42 Å². The molecule has 3 unspecified atom stereocenters. The van der Waals surface area contributed by atoms with E-state index < -0.39 is 0 Å². The molecular weight excluding hydrogens is 220 g/mol. The van der Waals surface area contributed by atoms with Crippen LogP contribution in [-0.4, -0.2) is 10.9 Å². The van der Waals surface area contributed by atoms with Crippen molar-refractivity contribution in [1.82, 2.24) is 4.98 Å². The van der Waals surface area contributed by atoms with Gasteiger partial charge < -0.3 is 5.32 Å². The van der Waals surface area contributed by atoms with E-state index >= 15 is 0 Å². The van der Waals surface area contributed by atoms with E-state index in [2.05, 4.69) is 10.3 Å². The van der Waals surface area contributed by atoms with Gasteiger partial charge in [-0.05, 0) is 38.0 Å². The molecule has 0 spiro atoms. The van der Waals surface area contributed by atoms with Crippen molar-refractivity contribution in [1.29, 1.82) is 0 Å². The number of nitrogens with zero attached hydrogens (tertiary/aromatic N) is 1. The highest BCUT2D eigenvalue weighted by Crippen LogP contribution is 2.48. The Morgan fingerprint density at radius 2 is 2.38 bits per heavy atom. The molecule has 1 N–H and O–H groups in total. The van der Waals surface area contributed by atoms with Crippen molar-refractivity contribution in [2.24, 2.45) is 17.8 Å². The molecule has 0 aromatic carbocycles. The summed E-state index contributed by atoms with van der Waals surface area (Å²) in [4.78, 5) is 17.4. The quantitative estimate of drug-likeness (QED) is 0.858. The third-order valence-electron chi connectivity index (χ3n) is 3.93. The number of amides is 1. The van der Waals surface area contributed by atoms with Gasteiger partial charge in [0.05, 0.1) is 0 Å². The van der Waals surface area contributed by atoms with Crippen LogP contribution in [0.15, 0.2) is 6.20 Å². The lowest BCUT2D eigenvalue weighted by Gasteiger charge is -2.19. The lowest BCUT2D eigenvalue weighted by atomic mass is 9.88. The van der Waals surface area contributed by atoms with Crippen LogP contribution in [0.2, 0.25) is 0 Å². The van der Waals surface area contributed by atoms with Crippen LogP contribution < -0.4 is 5.32 Å². The monoisotopic (exact) mass is 236 g/mol. The Morgan fingerprint density at radius 3 is 2.94 bits per heavy atom. The molecule has 2 aliphatic carbocycles. The highest BCUT2D eigenvalue weighted by atomic mass is 32.1. The Balaban J connectivity index is 1.65. The molecule has 1 heterocycles. The van der Waals surface area contributed by atoms with Crippen LogP contribution >= 0.6 is 11.3 Å². The number of hydrogen-bond donors (Lipinski definition) is 1. The molecule has 1 amide bonds. The molecule has 86 valence electrons. The number of rotatable bonds is 2. The maximum atomic E-state index is 12.1. The predicted molar refractivity (Wildman–Crippen MR) is 64.4 cm³/mol. The highest BCUT2D eigenvalue weighted by molar-refractivity contribution is 7.15. The Hall–Kier alpha value is -0.900. The molecule has 2 saturated carbocycles. The predicted octanol–water partition coefficient (Wildman–Crippen LogP) is 2.83. The fourth-order valence-electron chi connectivity index (χ4n) is 3.18. The summed E-state index contributed by atoms with van der Waals surface area (Å²) < 4.78 is 0. The topological polar surface area (TPSA) is 42.0 Å². The minimum atomic E-state index is 0.196. The summed E-state index contributed by atoms with van der Waals surface area (Å²) in [5.74, 6) is 1.91. The van der Waals surface area contributed by atoms with Crippen LogP contribution in [0.1, 0.15) is 30.6 Å². The molecule has 2 aliphatic rings. The van der Waals surface area contributed by atoms with E-state index in [1.54, 1.807) is 17.5 Å². The molecule has 1 aromatic rings. The first kappa shape index (κ1) is 10.3. The average molecular weight is 236 g/mol. The summed E-state index contributed by atoms with van der Waals surface area (Å²) in [5, 5.41) is 3.71. The summed E-state index contributed by atoms with van der Waals surface area (Å²) in [6.07, 6.45) is 6.77. The van der Waals surface area contributed by atoms with Gasteiger partial charge in [-0.3, -0.25) is 4.79 Å². The second-order valence-electron chi connectivity index (χ2n) is 5.05. The Labute approximate surface area is 99.3 Å². The zero-order valence-electron chi connectivity index (χ0n) is 9.40. The molecule has 4 heteroatoms. The van der Waals surface area contributed by atoms with Crippen LogP contribution in [0.25, 0.3) is 0 Å². The average Bonchev–Trinajstić information content (AvgIpc) is 2.93. The molecule has 3 atom stereocenters. The number of aromatic nitrogens is 1. The van der Waals surface area contributed by atoms with Gasteiger partial charge in [0.25, 0.3) is 0 Å². The Kier molecular flexibility index (Phi) is 2.46. The highest BCUT2D eigenvalue weighted by Gasteiger charge is 2.43. The molecule has 1 aromatic heterocycles.